The summed E-state index contributed by atoms with van der Waals surface area (Å²) < 4.78 is 1.82. The molecule has 0 amide bonds. The Kier molecular flexibility index (Phi) is 4.92. The second kappa shape index (κ2) is 6.88. The molecule has 6 heteroatoms. The van der Waals surface area contributed by atoms with Gasteiger partial charge in [-0.15, -0.1) is 0 Å². The molecule has 0 saturated heterocycles. The van der Waals surface area contributed by atoms with Crippen molar-refractivity contribution >= 4 is 11.6 Å². The van der Waals surface area contributed by atoms with Crippen LogP contribution in [-0.4, -0.2) is 32.8 Å². The first-order chi connectivity index (χ1) is 9.71. The molecule has 2 aromatic rings. The fourth-order valence-corrected chi connectivity index (χ4v) is 1.93. The van der Waals surface area contributed by atoms with Gasteiger partial charge >= 0.3 is 0 Å². The molecule has 0 aromatic carbocycles. The summed E-state index contributed by atoms with van der Waals surface area (Å²) in [4.78, 5) is 8.92. The lowest BCUT2D eigenvalue weighted by Crippen LogP contribution is -2.10. The van der Waals surface area contributed by atoms with Crippen molar-refractivity contribution in [3.8, 4) is 0 Å². The Bertz CT molecular complexity index is 548. The minimum atomic E-state index is 0.808. The van der Waals surface area contributed by atoms with Gasteiger partial charge in [0.25, 0.3) is 0 Å². The van der Waals surface area contributed by atoms with Crippen molar-refractivity contribution in [3.63, 3.8) is 0 Å². The van der Waals surface area contributed by atoms with Gasteiger partial charge in [0.2, 0.25) is 0 Å². The van der Waals surface area contributed by atoms with Crippen LogP contribution in [0, 0.1) is 0 Å². The second-order valence-corrected chi connectivity index (χ2v) is 4.60. The molecular weight excluding hydrogens is 252 g/mol. The van der Waals surface area contributed by atoms with E-state index >= 15 is 0 Å². The van der Waals surface area contributed by atoms with Gasteiger partial charge in [-0.2, -0.15) is 5.10 Å². The van der Waals surface area contributed by atoms with Crippen molar-refractivity contribution in [2.24, 2.45) is 7.05 Å². The SMILES string of the molecule is CCNc1cc(NCCc2ccn(C)n2)nc(CC)n1. The van der Waals surface area contributed by atoms with Gasteiger partial charge in [-0.1, -0.05) is 6.92 Å². The number of rotatable bonds is 7. The molecule has 2 N–H and O–H groups in total. The Morgan fingerprint density at radius 1 is 1.15 bits per heavy atom. The molecule has 2 rings (SSSR count). The van der Waals surface area contributed by atoms with Gasteiger partial charge in [0.15, 0.2) is 0 Å². The molecule has 0 spiro atoms. The van der Waals surface area contributed by atoms with Crippen LogP contribution in [0.25, 0.3) is 0 Å². The maximum Gasteiger partial charge on any atom is 0.132 e. The van der Waals surface area contributed by atoms with E-state index < -0.39 is 0 Å². The molecule has 2 heterocycles. The molecule has 0 aliphatic heterocycles. The molecule has 0 atom stereocenters. The molecule has 0 fully saturated rings. The lowest BCUT2D eigenvalue weighted by atomic mass is 10.3. The van der Waals surface area contributed by atoms with Crippen LogP contribution in [0.2, 0.25) is 0 Å². The van der Waals surface area contributed by atoms with E-state index in [9.17, 15) is 0 Å². The van der Waals surface area contributed by atoms with Gasteiger partial charge in [-0.25, -0.2) is 9.97 Å². The number of aryl methyl sites for hydroxylation is 2. The Hall–Kier alpha value is -2.11. The van der Waals surface area contributed by atoms with Crippen molar-refractivity contribution in [2.75, 3.05) is 23.7 Å². The van der Waals surface area contributed by atoms with Crippen LogP contribution in [0.5, 0.6) is 0 Å². The van der Waals surface area contributed by atoms with Crippen molar-refractivity contribution in [2.45, 2.75) is 26.7 Å². The summed E-state index contributed by atoms with van der Waals surface area (Å²) in [6.07, 6.45) is 3.66. The van der Waals surface area contributed by atoms with E-state index in [1.54, 1.807) is 0 Å². The third-order valence-electron chi connectivity index (χ3n) is 2.90. The van der Waals surface area contributed by atoms with Crippen LogP contribution in [0.3, 0.4) is 0 Å². The van der Waals surface area contributed by atoms with Crippen LogP contribution in [0.1, 0.15) is 25.4 Å². The van der Waals surface area contributed by atoms with Crippen LogP contribution >= 0.6 is 0 Å². The average Bonchev–Trinajstić information content (AvgIpc) is 2.84. The maximum absolute atomic E-state index is 4.48. The van der Waals surface area contributed by atoms with Gasteiger partial charge in [0.05, 0.1) is 5.69 Å². The molecule has 0 aliphatic carbocycles. The first-order valence-electron chi connectivity index (χ1n) is 7.05. The quantitative estimate of drug-likeness (QED) is 0.806. The molecule has 20 heavy (non-hydrogen) atoms. The zero-order valence-electron chi connectivity index (χ0n) is 12.3. The highest BCUT2D eigenvalue weighted by Gasteiger charge is 2.03. The first kappa shape index (κ1) is 14.3. The molecular formula is C14H22N6. The number of nitrogens with one attached hydrogen (secondary N) is 2. The minimum Gasteiger partial charge on any atom is -0.370 e. The Balaban J connectivity index is 1.95. The predicted octanol–water partition coefficient (Wildman–Crippen LogP) is 1.86. The topological polar surface area (TPSA) is 67.7 Å². The van der Waals surface area contributed by atoms with Crippen LogP contribution < -0.4 is 10.6 Å². The highest BCUT2D eigenvalue weighted by molar-refractivity contribution is 5.47. The lowest BCUT2D eigenvalue weighted by molar-refractivity contribution is 0.741. The zero-order chi connectivity index (χ0) is 14.4. The number of hydrogen-bond acceptors (Lipinski definition) is 5. The average molecular weight is 274 g/mol. The fourth-order valence-electron chi connectivity index (χ4n) is 1.93. The monoisotopic (exact) mass is 274 g/mol. The van der Waals surface area contributed by atoms with Crippen LogP contribution in [-0.2, 0) is 19.9 Å². The molecule has 2 aromatic heterocycles. The summed E-state index contributed by atoms with van der Waals surface area (Å²) >= 11 is 0. The predicted molar refractivity (Wildman–Crippen MR) is 81.0 cm³/mol. The fraction of sp³-hybridized carbons (Fsp3) is 0.500. The number of hydrogen-bond donors (Lipinski definition) is 2. The Morgan fingerprint density at radius 2 is 1.90 bits per heavy atom. The molecule has 0 unspecified atom stereocenters. The molecule has 0 saturated carbocycles. The zero-order valence-corrected chi connectivity index (χ0v) is 12.3. The van der Waals surface area contributed by atoms with E-state index in [2.05, 4.69) is 39.5 Å². The molecule has 108 valence electrons. The summed E-state index contributed by atoms with van der Waals surface area (Å²) in [6.45, 7) is 5.78. The summed E-state index contributed by atoms with van der Waals surface area (Å²) in [7, 11) is 1.93. The van der Waals surface area contributed by atoms with E-state index in [0.717, 1.165) is 49.1 Å². The first-order valence-corrected chi connectivity index (χ1v) is 7.05. The lowest BCUT2D eigenvalue weighted by Gasteiger charge is -2.09. The standard InChI is InChI=1S/C14H22N6/c1-4-12-17-13(15-5-2)10-14(18-12)16-8-6-11-7-9-20(3)19-11/h7,9-10H,4-6,8H2,1-3H3,(H2,15,16,17,18). The highest BCUT2D eigenvalue weighted by atomic mass is 15.2. The minimum absolute atomic E-state index is 0.808. The highest BCUT2D eigenvalue weighted by Crippen LogP contribution is 2.11. The van der Waals surface area contributed by atoms with Crippen LogP contribution in [0.4, 0.5) is 11.6 Å². The van der Waals surface area contributed by atoms with E-state index in [4.69, 9.17) is 0 Å². The van der Waals surface area contributed by atoms with Gasteiger partial charge in [0.1, 0.15) is 17.5 Å². The summed E-state index contributed by atoms with van der Waals surface area (Å²) in [5, 5.41) is 10.9. The number of aromatic nitrogens is 4. The van der Waals surface area contributed by atoms with E-state index in [-0.39, 0.29) is 0 Å². The summed E-state index contributed by atoms with van der Waals surface area (Å²) in [5.74, 6) is 2.59. The number of anilines is 2. The largest absolute Gasteiger partial charge is 0.370 e. The third-order valence-corrected chi connectivity index (χ3v) is 2.90. The van der Waals surface area contributed by atoms with Crippen molar-refractivity contribution in [1.29, 1.82) is 0 Å². The van der Waals surface area contributed by atoms with E-state index in [1.165, 1.54) is 0 Å². The van der Waals surface area contributed by atoms with Gasteiger partial charge < -0.3 is 10.6 Å². The Morgan fingerprint density at radius 3 is 2.50 bits per heavy atom. The second-order valence-electron chi connectivity index (χ2n) is 4.60. The molecule has 0 aliphatic rings. The summed E-state index contributed by atoms with van der Waals surface area (Å²) in [5.41, 5.74) is 1.08. The van der Waals surface area contributed by atoms with Gasteiger partial charge in [-0.05, 0) is 13.0 Å². The van der Waals surface area contributed by atoms with Crippen molar-refractivity contribution in [1.82, 2.24) is 19.7 Å². The van der Waals surface area contributed by atoms with Gasteiger partial charge in [0, 0.05) is 45.2 Å². The van der Waals surface area contributed by atoms with Crippen LogP contribution in [0.15, 0.2) is 18.3 Å². The van der Waals surface area contributed by atoms with Crippen molar-refractivity contribution in [3.05, 3.63) is 29.8 Å². The van der Waals surface area contributed by atoms with E-state index in [1.807, 2.05) is 30.1 Å². The van der Waals surface area contributed by atoms with Gasteiger partial charge in [-0.3, -0.25) is 4.68 Å². The number of nitrogens with zero attached hydrogens (tertiary/aromatic N) is 4. The maximum atomic E-state index is 4.48. The third kappa shape index (κ3) is 3.94. The molecule has 6 nitrogen and oxygen atoms in total. The normalized spacial score (nSPS) is 10.6. The smallest absolute Gasteiger partial charge is 0.132 e. The molecule has 0 bridgehead atoms. The molecule has 0 radical (unpaired) electrons. The van der Waals surface area contributed by atoms with E-state index in [0.29, 0.717) is 0 Å². The van der Waals surface area contributed by atoms with Crippen molar-refractivity contribution < 1.29 is 0 Å². The Labute approximate surface area is 119 Å². The summed E-state index contributed by atoms with van der Waals surface area (Å²) in [6, 6.07) is 3.98.